The molecule has 0 unspecified atom stereocenters. The summed E-state index contributed by atoms with van der Waals surface area (Å²) in [4.78, 5) is 8.72. The van der Waals surface area contributed by atoms with E-state index in [2.05, 4.69) is 32.6 Å². The van der Waals surface area contributed by atoms with Gasteiger partial charge in [0.2, 0.25) is 0 Å². The van der Waals surface area contributed by atoms with E-state index < -0.39 is 11.6 Å². The van der Waals surface area contributed by atoms with Crippen molar-refractivity contribution in [2.24, 2.45) is 0 Å². The fraction of sp³-hybridized carbons (Fsp3) is 0.333. The Morgan fingerprint density at radius 2 is 1.67 bits per heavy atom. The largest absolute Gasteiger partial charge is 0.383 e. The van der Waals surface area contributed by atoms with Gasteiger partial charge >= 0.3 is 0 Å². The van der Waals surface area contributed by atoms with Crippen molar-refractivity contribution >= 4 is 28.4 Å². The van der Waals surface area contributed by atoms with E-state index in [1.165, 1.54) is 25.0 Å². The van der Waals surface area contributed by atoms with Crippen LogP contribution in [0.4, 0.5) is 14.6 Å². The van der Waals surface area contributed by atoms with Crippen LogP contribution in [0.2, 0.25) is 0 Å². The molecule has 0 saturated heterocycles. The fourth-order valence-corrected chi connectivity index (χ4v) is 3.45. The van der Waals surface area contributed by atoms with Gasteiger partial charge in [-0.2, -0.15) is 0 Å². The summed E-state index contributed by atoms with van der Waals surface area (Å²) in [6.45, 7) is 0. The maximum atomic E-state index is 13.4. The van der Waals surface area contributed by atoms with Gasteiger partial charge in [-0.1, -0.05) is 12.8 Å². The van der Waals surface area contributed by atoms with Gasteiger partial charge in [0, 0.05) is 17.5 Å². The molecule has 1 aliphatic rings. The van der Waals surface area contributed by atoms with Crippen molar-refractivity contribution in [3.8, 4) is 11.4 Å². The summed E-state index contributed by atoms with van der Waals surface area (Å²) in [7, 11) is 0. The SMILES string of the molecule is Nc1nc(-c2cc(F)cc(F)c2)nc(C2CCCC2)c1I. The highest BCUT2D eigenvalue weighted by molar-refractivity contribution is 14.1. The maximum Gasteiger partial charge on any atom is 0.162 e. The predicted octanol–water partition coefficient (Wildman–Crippen LogP) is 4.27. The van der Waals surface area contributed by atoms with Gasteiger partial charge in [0.05, 0.1) is 9.26 Å². The number of nitrogens with zero attached hydrogens (tertiary/aromatic N) is 2. The molecule has 0 atom stereocenters. The van der Waals surface area contributed by atoms with E-state index in [0.717, 1.165) is 28.2 Å². The number of anilines is 1. The smallest absolute Gasteiger partial charge is 0.162 e. The van der Waals surface area contributed by atoms with Crippen molar-refractivity contribution in [3.63, 3.8) is 0 Å². The second-order valence-corrected chi connectivity index (χ2v) is 6.35. The molecule has 21 heavy (non-hydrogen) atoms. The van der Waals surface area contributed by atoms with Crippen molar-refractivity contribution in [2.75, 3.05) is 5.73 Å². The molecule has 0 amide bonds. The van der Waals surface area contributed by atoms with Crippen molar-refractivity contribution in [3.05, 3.63) is 39.1 Å². The zero-order chi connectivity index (χ0) is 15.0. The van der Waals surface area contributed by atoms with Crippen LogP contribution >= 0.6 is 22.6 Å². The van der Waals surface area contributed by atoms with Gasteiger partial charge in [0.15, 0.2) is 5.82 Å². The zero-order valence-corrected chi connectivity index (χ0v) is 13.4. The Bertz CT molecular complexity index is 665. The van der Waals surface area contributed by atoms with E-state index in [4.69, 9.17) is 5.73 Å². The van der Waals surface area contributed by atoms with Gasteiger partial charge in [0.1, 0.15) is 17.5 Å². The molecular formula is C15H14F2IN3. The molecule has 0 spiro atoms. The second-order valence-electron chi connectivity index (χ2n) is 5.27. The molecule has 1 fully saturated rings. The molecule has 6 heteroatoms. The monoisotopic (exact) mass is 401 g/mol. The van der Waals surface area contributed by atoms with E-state index in [9.17, 15) is 8.78 Å². The summed E-state index contributed by atoms with van der Waals surface area (Å²) < 4.78 is 27.6. The number of nitrogen functional groups attached to an aromatic ring is 1. The normalized spacial score (nSPS) is 15.6. The van der Waals surface area contributed by atoms with Crippen molar-refractivity contribution < 1.29 is 8.78 Å². The summed E-state index contributed by atoms with van der Waals surface area (Å²) in [6, 6.07) is 3.28. The number of hydrogen-bond acceptors (Lipinski definition) is 3. The predicted molar refractivity (Wildman–Crippen MR) is 85.7 cm³/mol. The van der Waals surface area contributed by atoms with Crippen LogP contribution in [-0.2, 0) is 0 Å². The van der Waals surface area contributed by atoms with Crippen molar-refractivity contribution in [2.45, 2.75) is 31.6 Å². The van der Waals surface area contributed by atoms with Gasteiger partial charge in [-0.15, -0.1) is 0 Å². The minimum absolute atomic E-state index is 0.285. The molecule has 1 aliphatic carbocycles. The van der Waals surface area contributed by atoms with Crippen LogP contribution in [0.5, 0.6) is 0 Å². The molecule has 110 valence electrons. The maximum absolute atomic E-state index is 13.4. The molecular weight excluding hydrogens is 387 g/mol. The Morgan fingerprint density at radius 1 is 1.05 bits per heavy atom. The topological polar surface area (TPSA) is 51.8 Å². The summed E-state index contributed by atoms with van der Waals surface area (Å²) in [5.74, 6) is -0.277. The molecule has 0 bridgehead atoms. The lowest BCUT2D eigenvalue weighted by Gasteiger charge is -2.14. The Labute approximate surface area is 135 Å². The highest BCUT2D eigenvalue weighted by Gasteiger charge is 2.23. The van der Waals surface area contributed by atoms with E-state index >= 15 is 0 Å². The number of nitrogens with two attached hydrogens (primary N) is 1. The Kier molecular flexibility index (Phi) is 4.05. The molecule has 0 radical (unpaired) electrons. The summed E-state index contributed by atoms with van der Waals surface area (Å²) in [5.41, 5.74) is 7.17. The molecule has 0 aliphatic heterocycles. The standard InChI is InChI=1S/C15H14F2IN3/c16-10-5-9(6-11(17)7-10)15-20-13(8-3-1-2-4-8)12(18)14(19)21-15/h5-8H,1-4H2,(H2,19,20,21). The highest BCUT2D eigenvalue weighted by Crippen LogP contribution is 2.37. The first-order valence-electron chi connectivity index (χ1n) is 6.84. The zero-order valence-electron chi connectivity index (χ0n) is 11.2. The number of hydrogen-bond donors (Lipinski definition) is 1. The van der Waals surface area contributed by atoms with Gasteiger partial charge in [0.25, 0.3) is 0 Å². The Morgan fingerprint density at radius 3 is 2.29 bits per heavy atom. The summed E-state index contributed by atoms with van der Waals surface area (Å²) in [6.07, 6.45) is 4.50. The first-order chi connectivity index (χ1) is 10.0. The van der Waals surface area contributed by atoms with Gasteiger partial charge in [-0.25, -0.2) is 18.7 Å². The third kappa shape index (κ3) is 3.00. The van der Waals surface area contributed by atoms with Crippen LogP contribution in [0.1, 0.15) is 37.3 Å². The van der Waals surface area contributed by atoms with Crippen LogP contribution in [0.15, 0.2) is 18.2 Å². The fourth-order valence-electron chi connectivity index (χ4n) is 2.76. The summed E-state index contributed by atoms with van der Waals surface area (Å²) in [5, 5.41) is 0. The molecule has 3 rings (SSSR count). The lowest BCUT2D eigenvalue weighted by molar-refractivity contribution is 0.584. The van der Waals surface area contributed by atoms with Crippen LogP contribution in [0.3, 0.4) is 0 Å². The molecule has 2 aromatic rings. The third-order valence-corrected chi connectivity index (χ3v) is 4.87. The average Bonchev–Trinajstić information content (AvgIpc) is 2.94. The Balaban J connectivity index is 2.10. The lowest BCUT2D eigenvalue weighted by Crippen LogP contribution is -2.08. The van der Waals surface area contributed by atoms with Crippen LogP contribution in [0.25, 0.3) is 11.4 Å². The van der Waals surface area contributed by atoms with Crippen LogP contribution in [-0.4, -0.2) is 9.97 Å². The van der Waals surface area contributed by atoms with E-state index in [-0.39, 0.29) is 5.82 Å². The second kappa shape index (κ2) is 5.82. The molecule has 1 saturated carbocycles. The third-order valence-electron chi connectivity index (χ3n) is 3.77. The molecule has 1 heterocycles. The van der Waals surface area contributed by atoms with Gasteiger partial charge in [-0.3, -0.25) is 0 Å². The number of rotatable bonds is 2. The van der Waals surface area contributed by atoms with E-state index in [0.29, 0.717) is 17.3 Å². The molecule has 3 nitrogen and oxygen atoms in total. The minimum atomic E-state index is -0.645. The molecule has 1 aromatic carbocycles. The van der Waals surface area contributed by atoms with Gasteiger partial charge in [-0.05, 0) is 47.6 Å². The average molecular weight is 401 g/mol. The Hall–Kier alpha value is -1.31. The minimum Gasteiger partial charge on any atom is -0.383 e. The van der Waals surface area contributed by atoms with Crippen molar-refractivity contribution in [1.29, 1.82) is 0 Å². The lowest BCUT2D eigenvalue weighted by atomic mass is 10.0. The first kappa shape index (κ1) is 14.6. The number of aromatic nitrogens is 2. The molecule has 1 aromatic heterocycles. The highest BCUT2D eigenvalue weighted by atomic mass is 127. The quantitative estimate of drug-likeness (QED) is 0.765. The van der Waals surface area contributed by atoms with E-state index in [1.54, 1.807) is 0 Å². The molecule has 2 N–H and O–H groups in total. The van der Waals surface area contributed by atoms with Crippen LogP contribution < -0.4 is 5.73 Å². The summed E-state index contributed by atoms with van der Waals surface area (Å²) >= 11 is 2.15. The number of benzene rings is 1. The number of halogens is 3. The van der Waals surface area contributed by atoms with Crippen molar-refractivity contribution in [1.82, 2.24) is 9.97 Å². The van der Waals surface area contributed by atoms with E-state index in [1.807, 2.05) is 0 Å². The first-order valence-corrected chi connectivity index (χ1v) is 7.92. The van der Waals surface area contributed by atoms with Crippen LogP contribution in [0, 0.1) is 15.2 Å². The van der Waals surface area contributed by atoms with Gasteiger partial charge < -0.3 is 5.73 Å².